The fourth-order valence-electron chi connectivity index (χ4n) is 3.82. The lowest BCUT2D eigenvalue weighted by molar-refractivity contribution is -0.129. The van der Waals surface area contributed by atoms with E-state index in [0.717, 1.165) is 44.3 Å². The molecule has 2 aliphatic rings. The number of ketones is 1. The molecule has 0 N–H and O–H groups in total. The average molecular weight is 354 g/mol. The zero-order valence-corrected chi connectivity index (χ0v) is 14.7. The highest BCUT2D eigenvalue weighted by atomic mass is 16.5. The minimum atomic E-state index is -0.641. The Morgan fingerprint density at radius 2 is 1.92 bits per heavy atom. The molecule has 2 aromatic rings. The second-order valence-electron chi connectivity index (χ2n) is 7.13. The summed E-state index contributed by atoms with van der Waals surface area (Å²) in [6.45, 7) is 0.699. The first-order valence-corrected chi connectivity index (χ1v) is 9.40. The van der Waals surface area contributed by atoms with Crippen molar-refractivity contribution in [1.82, 2.24) is 9.55 Å². The Kier molecular flexibility index (Phi) is 4.57. The number of esters is 1. The number of aromatic nitrogens is 2. The van der Waals surface area contributed by atoms with E-state index >= 15 is 0 Å². The number of ether oxygens (including phenoxy) is 1. The number of hydrogen-bond acceptors (Lipinski definition) is 5. The third-order valence-electron chi connectivity index (χ3n) is 5.30. The van der Waals surface area contributed by atoms with Gasteiger partial charge in [0.2, 0.25) is 0 Å². The maximum atomic E-state index is 12.7. The van der Waals surface area contributed by atoms with Crippen LogP contribution in [0.25, 0.3) is 10.9 Å². The number of benzene rings is 1. The molecule has 1 aliphatic heterocycles. The quantitative estimate of drug-likeness (QED) is 0.775. The van der Waals surface area contributed by atoms with Gasteiger partial charge >= 0.3 is 5.97 Å². The van der Waals surface area contributed by atoms with Gasteiger partial charge in [-0.05, 0) is 50.3 Å². The van der Waals surface area contributed by atoms with Crippen molar-refractivity contribution in [2.75, 3.05) is 0 Å². The Morgan fingerprint density at radius 1 is 1.08 bits per heavy atom. The van der Waals surface area contributed by atoms with Gasteiger partial charge in [0.1, 0.15) is 5.82 Å². The second-order valence-corrected chi connectivity index (χ2v) is 7.13. The SMILES string of the molecule is O=C(O[C@@H]1CCCCC1=O)c1ccc2c(=O)n3c(nc2c1)CCCCC3. The molecule has 2 heterocycles. The molecular formula is C20H22N2O4. The van der Waals surface area contributed by atoms with E-state index in [1.807, 2.05) is 0 Å². The van der Waals surface area contributed by atoms with E-state index < -0.39 is 12.1 Å². The lowest BCUT2D eigenvalue weighted by Crippen LogP contribution is -2.30. The number of carbonyl (C=O) groups is 2. The van der Waals surface area contributed by atoms with Gasteiger partial charge in [0, 0.05) is 19.4 Å². The second kappa shape index (κ2) is 7.02. The summed E-state index contributed by atoms with van der Waals surface area (Å²) in [6, 6.07) is 4.84. The van der Waals surface area contributed by atoms with Gasteiger partial charge in [0.15, 0.2) is 11.9 Å². The van der Waals surface area contributed by atoms with Crippen LogP contribution in [0, 0.1) is 0 Å². The van der Waals surface area contributed by atoms with E-state index in [1.165, 1.54) is 0 Å². The molecule has 26 heavy (non-hydrogen) atoms. The van der Waals surface area contributed by atoms with Crippen molar-refractivity contribution in [1.29, 1.82) is 0 Å². The van der Waals surface area contributed by atoms with E-state index in [9.17, 15) is 14.4 Å². The molecule has 0 bridgehead atoms. The molecule has 0 unspecified atom stereocenters. The largest absolute Gasteiger partial charge is 0.451 e. The molecule has 136 valence electrons. The molecule has 1 aromatic heterocycles. The van der Waals surface area contributed by atoms with E-state index in [-0.39, 0.29) is 11.3 Å². The first-order valence-electron chi connectivity index (χ1n) is 9.40. The van der Waals surface area contributed by atoms with Crippen molar-refractivity contribution in [2.24, 2.45) is 0 Å². The van der Waals surface area contributed by atoms with Gasteiger partial charge in [-0.2, -0.15) is 0 Å². The summed E-state index contributed by atoms with van der Waals surface area (Å²) in [5.74, 6) is 0.254. The van der Waals surface area contributed by atoms with Crippen LogP contribution in [0.2, 0.25) is 0 Å². The summed E-state index contributed by atoms with van der Waals surface area (Å²) >= 11 is 0. The summed E-state index contributed by atoms with van der Waals surface area (Å²) in [5, 5.41) is 0.515. The molecular weight excluding hydrogens is 332 g/mol. The Hall–Kier alpha value is -2.50. The summed E-state index contributed by atoms with van der Waals surface area (Å²) in [5.41, 5.74) is 0.809. The summed E-state index contributed by atoms with van der Waals surface area (Å²) in [6.07, 6.45) is 6.04. The third-order valence-corrected chi connectivity index (χ3v) is 5.30. The van der Waals surface area contributed by atoms with Crippen LogP contribution in [0.5, 0.6) is 0 Å². The predicted molar refractivity (Wildman–Crippen MR) is 96.2 cm³/mol. The number of Topliss-reactive ketones (excluding diaryl/α,β-unsaturated/α-hetero) is 1. The minimum absolute atomic E-state index is 0.00733. The Labute approximate surface area is 151 Å². The van der Waals surface area contributed by atoms with Crippen molar-refractivity contribution >= 4 is 22.7 Å². The molecule has 0 radical (unpaired) electrons. The van der Waals surface area contributed by atoms with Crippen molar-refractivity contribution in [3.63, 3.8) is 0 Å². The van der Waals surface area contributed by atoms with Crippen LogP contribution in [0.3, 0.4) is 0 Å². The van der Waals surface area contributed by atoms with Crippen LogP contribution >= 0.6 is 0 Å². The highest BCUT2D eigenvalue weighted by molar-refractivity contribution is 5.96. The van der Waals surface area contributed by atoms with Gasteiger partial charge in [0.25, 0.3) is 5.56 Å². The van der Waals surface area contributed by atoms with Gasteiger partial charge in [0.05, 0.1) is 16.5 Å². The number of rotatable bonds is 2. The molecule has 6 heteroatoms. The summed E-state index contributed by atoms with van der Waals surface area (Å²) < 4.78 is 7.16. The summed E-state index contributed by atoms with van der Waals surface area (Å²) in [7, 11) is 0. The first-order chi connectivity index (χ1) is 12.6. The Balaban J connectivity index is 1.65. The van der Waals surface area contributed by atoms with Gasteiger partial charge < -0.3 is 4.74 Å². The average Bonchev–Trinajstić information content (AvgIpc) is 2.89. The molecule has 1 atom stereocenters. The normalized spacial score (nSPS) is 20.5. The molecule has 1 fully saturated rings. The van der Waals surface area contributed by atoms with Crippen LogP contribution in [0.15, 0.2) is 23.0 Å². The molecule has 0 saturated heterocycles. The molecule has 6 nitrogen and oxygen atoms in total. The molecule has 4 rings (SSSR count). The van der Waals surface area contributed by atoms with Crippen LogP contribution < -0.4 is 5.56 Å². The lowest BCUT2D eigenvalue weighted by Gasteiger charge is -2.20. The minimum Gasteiger partial charge on any atom is -0.451 e. The van der Waals surface area contributed by atoms with Gasteiger partial charge in [-0.3, -0.25) is 14.2 Å². The molecule has 1 aliphatic carbocycles. The standard InChI is InChI=1S/C20H22N2O4/c23-16-6-3-4-7-17(16)26-20(25)13-9-10-14-15(12-13)21-18-8-2-1-5-11-22(18)19(14)24/h9-10,12,17H,1-8,11H2/t17-/m1/s1. The first kappa shape index (κ1) is 16.9. The van der Waals surface area contributed by atoms with E-state index in [0.29, 0.717) is 35.9 Å². The van der Waals surface area contributed by atoms with Crippen molar-refractivity contribution in [3.05, 3.63) is 39.9 Å². The van der Waals surface area contributed by atoms with E-state index in [2.05, 4.69) is 4.98 Å². The third kappa shape index (κ3) is 3.16. The zero-order valence-electron chi connectivity index (χ0n) is 14.7. The smallest absolute Gasteiger partial charge is 0.338 e. The molecule has 0 spiro atoms. The Morgan fingerprint density at radius 3 is 2.77 bits per heavy atom. The Bertz CT molecular complexity index is 931. The number of nitrogens with zero attached hydrogens (tertiary/aromatic N) is 2. The fourth-order valence-corrected chi connectivity index (χ4v) is 3.82. The maximum Gasteiger partial charge on any atom is 0.338 e. The van der Waals surface area contributed by atoms with Gasteiger partial charge in [-0.1, -0.05) is 6.42 Å². The predicted octanol–water partition coefficient (Wildman–Crippen LogP) is 2.79. The number of hydrogen-bond donors (Lipinski definition) is 0. The lowest BCUT2D eigenvalue weighted by atomic mass is 9.96. The monoisotopic (exact) mass is 354 g/mol. The molecule has 1 saturated carbocycles. The van der Waals surface area contributed by atoms with Crippen LogP contribution in [-0.4, -0.2) is 27.4 Å². The number of aryl methyl sites for hydroxylation is 1. The van der Waals surface area contributed by atoms with Crippen LogP contribution in [0.1, 0.15) is 61.1 Å². The van der Waals surface area contributed by atoms with E-state index in [1.54, 1.807) is 22.8 Å². The number of carbonyl (C=O) groups excluding carboxylic acids is 2. The van der Waals surface area contributed by atoms with Crippen LogP contribution in [0.4, 0.5) is 0 Å². The number of fused-ring (bicyclic) bond motifs is 2. The zero-order chi connectivity index (χ0) is 18.1. The van der Waals surface area contributed by atoms with Gasteiger partial charge in [-0.25, -0.2) is 9.78 Å². The highest BCUT2D eigenvalue weighted by Gasteiger charge is 2.26. The maximum absolute atomic E-state index is 12.7. The van der Waals surface area contributed by atoms with Crippen LogP contribution in [-0.2, 0) is 22.5 Å². The highest BCUT2D eigenvalue weighted by Crippen LogP contribution is 2.20. The van der Waals surface area contributed by atoms with Gasteiger partial charge in [-0.15, -0.1) is 0 Å². The summed E-state index contributed by atoms with van der Waals surface area (Å²) in [4.78, 5) is 41.7. The topological polar surface area (TPSA) is 78.3 Å². The van der Waals surface area contributed by atoms with E-state index in [4.69, 9.17) is 4.74 Å². The van der Waals surface area contributed by atoms with Crippen molar-refractivity contribution in [2.45, 2.75) is 64.0 Å². The molecule has 1 aromatic carbocycles. The van der Waals surface area contributed by atoms with Crippen molar-refractivity contribution < 1.29 is 14.3 Å². The van der Waals surface area contributed by atoms with Crippen molar-refractivity contribution in [3.8, 4) is 0 Å². The molecule has 0 amide bonds. The fraction of sp³-hybridized carbons (Fsp3) is 0.500.